The van der Waals surface area contributed by atoms with Gasteiger partial charge in [0.15, 0.2) is 0 Å². The number of nitrogens with two attached hydrogens (primary N) is 1. The van der Waals surface area contributed by atoms with Gasteiger partial charge in [0, 0.05) is 32.0 Å². The van der Waals surface area contributed by atoms with E-state index in [-0.39, 0.29) is 17.9 Å². The van der Waals surface area contributed by atoms with Crippen molar-refractivity contribution in [2.24, 2.45) is 5.73 Å². The van der Waals surface area contributed by atoms with Gasteiger partial charge < -0.3 is 16.0 Å². The predicted molar refractivity (Wildman–Crippen MR) is 146 cm³/mol. The number of benzene rings is 1. The first kappa shape index (κ1) is 30.1. The number of primary amides is 1. The van der Waals surface area contributed by atoms with Crippen LogP contribution in [0.25, 0.3) is 0 Å². The zero-order chi connectivity index (χ0) is 27.9. The highest BCUT2D eigenvalue weighted by atomic mass is 17.3. The summed E-state index contributed by atoms with van der Waals surface area (Å²) in [6.45, 7) is 11.2. The highest BCUT2D eigenvalue weighted by Crippen LogP contribution is 2.29. The van der Waals surface area contributed by atoms with Gasteiger partial charge >= 0.3 is 0 Å². The zero-order valence-corrected chi connectivity index (χ0v) is 23.7. The topological polar surface area (TPSA) is 114 Å². The van der Waals surface area contributed by atoms with E-state index in [2.05, 4.69) is 17.4 Å². The Morgan fingerprint density at radius 2 is 1.74 bits per heavy atom. The molecule has 9 nitrogen and oxygen atoms in total. The maximum Gasteiger partial charge on any atom is 0.240 e. The molecule has 9 heteroatoms. The van der Waals surface area contributed by atoms with Crippen LogP contribution in [-0.4, -0.2) is 64.5 Å². The van der Waals surface area contributed by atoms with Crippen molar-refractivity contribution in [3.05, 3.63) is 35.4 Å². The van der Waals surface area contributed by atoms with Crippen molar-refractivity contribution in [3.63, 3.8) is 0 Å². The van der Waals surface area contributed by atoms with Crippen molar-refractivity contribution in [1.82, 2.24) is 15.3 Å². The molecule has 0 aliphatic carbocycles. The Bertz CT molecular complexity index is 937. The van der Waals surface area contributed by atoms with Crippen LogP contribution in [0, 0.1) is 0 Å². The molecule has 0 radical (unpaired) electrons. The highest BCUT2D eigenvalue weighted by Gasteiger charge is 2.37. The molecule has 2 aliphatic heterocycles. The first-order valence-corrected chi connectivity index (χ1v) is 14.1. The first-order chi connectivity index (χ1) is 18.0. The third-order valence-electron chi connectivity index (χ3n) is 7.38. The number of likely N-dealkylation sites (tertiary alicyclic amines) is 1. The fraction of sp³-hybridized carbons (Fsp3) is 0.690. The zero-order valence-electron chi connectivity index (χ0n) is 23.7. The van der Waals surface area contributed by atoms with E-state index in [0.717, 1.165) is 50.8 Å². The van der Waals surface area contributed by atoms with Crippen LogP contribution in [0.1, 0.15) is 96.6 Å². The summed E-state index contributed by atoms with van der Waals surface area (Å²) in [7, 11) is 0. The number of amides is 3. The maximum absolute atomic E-state index is 13.2. The molecular weight excluding hydrogens is 484 g/mol. The molecule has 2 fully saturated rings. The van der Waals surface area contributed by atoms with Gasteiger partial charge in [-0.1, -0.05) is 31.2 Å². The average molecular weight is 531 g/mol. The maximum atomic E-state index is 13.2. The number of hydrogen-bond acceptors (Lipinski definition) is 6. The molecular formula is C29H46N4O5. The minimum absolute atomic E-state index is 0.00180. The van der Waals surface area contributed by atoms with Crippen LogP contribution in [0.3, 0.4) is 0 Å². The molecule has 38 heavy (non-hydrogen) atoms. The Morgan fingerprint density at radius 1 is 1.08 bits per heavy atom. The van der Waals surface area contributed by atoms with Gasteiger partial charge in [0.05, 0.1) is 5.60 Å². The molecule has 3 atom stereocenters. The predicted octanol–water partition coefficient (Wildman–Crippen LogP) is 3.61. The van der Waals surface area contributed by atoms with Gasteiger partial charge in [0.25, 0.3) is 0 Å². The van der Waals surface area contributed by atoms with Gasteiger partial charge in [0.1, 0.15) is 12.1 Å². The fourth-order valence-electron chi connectivity index (χ4n) is 5.18. The van der Waals surface area contributed by atoms with Gasteiger partial charge in [-0.25, -0.2) is 4.89 Å². The summed E-state index contributed by atoms with van der Waals surface area (Å²) in [4.78, 5) is 50.7. The monoisotopic (exact) mass is 530 g/mol. The van der Waals surface area contributed by atoms with Crippen LogP contribution in [-0.2, 0) is 30.7 Å². The summed E-state index contributed by atoms with van der Waals surface area (Å²) in [6, 6.07) is 6.78. The van der Waals surface area contributed by atoms with Crippen LogP contribution in [0.4, 0.5) is 0 Å². The quantitative estimate of drug-likeness (QED) is 0.353. The number of hydroxylamine groups is 2. The summed E-state index contributed by atoms with van der Waals surface area (Å²) >= 11 is 0. The van der Waals surface area contributed by atoms with E-state index in [1.54, 1.807) is 5.06 Å². The third-order valence-corrected chi connectivity index (χ3v) is 7.38. The van der Waals surface area contributed by atoms with Crippen molar-refractivity contribution < 1.29 is 24.3 Å². The molecule has 2 saturated heterocycles. The van der Waals surface area contributed by atoms with Crippen molar-refractivity contribution in [1.29, 1.82) is 0 Å². The molecule has 0 bridgehead atoms. The molecule has 0 spiro atoms. The van der Waals surface area contributed by atoms with E-state index in [0.29, 0.717) is 25.2 Å². The summed E-state index contributed by atoms with van der Waals surface area (Å²) < 4.78 is 0. The molecule has 3 N–H and O–H groups in total. The largest absolute Gasteiger partial charge is 0.368 e. The van der Waals surface area contributed by atoms with Crippen LogP contribution in [0.5, 0.6) is 0 Å². The highest BCUT2D eigenvalue weighted by molar-refractivity contribution is 5.89. The van der Waals surface area contributed by atoms with Crippen LogP contribution in [0.15, 0.2) is 24.3 Å². The van der Waals surface area contributed by atoms with Crippen molar-refractivity contribution in [2.75, 3.05) is 13.1 Å². The number of rotatable bonds is 10. The molecule has 3 amide bonds. The lowest BCUT2D eigenvalue weighted by atomic mass is 9.88. The summed E-state index contributed by atoms with van der Waals surface area (Å²) in [5, 5.41) is 4.45. The normalized spacial score (nSPS) is 22.2. The lowest BCUT2D eigenvalue weighted by Crippen LogP contribution is -2.57. The van der Waals surface area contributed by atoms with Crippen LogP contribution >= 0.6 is 0 Å². The van der Waals surface area contributed by atoms with Gasteiger partial charge in [-0.2, -0.15) is 0 Å². The number of hydrogen-bond donors (Lipinski definition) is 2. The molecule has 0 saturated carbocycles. The lowest BCUT2D eigenvalue weighted by Gasteiger charge is -2.38. The number of carbonyl (C=O) groups excluding carboxylic acids is 3. The van der Waals surface area contributed by atoms with Gasteiger partial charge in [-0.3, -0.25) is 14.4 Å². The fourth-order valence-corrected chi connectivity index (χ4v) is 5.18. The molecule has 1 aromatic carbocycles. The number of piperidine rings is 2. The van der Waals surface area contributed by atoms with E-state index < -0.39 is 23.6 Å². The molecule has 3 rings (SSSR count). The SMILES string of the molecule is CCCC(=O)N1CCC(c2ccc(CC(NC(=O)[C@@H]3CCC[C@H](C)N3OOC(C)(C)C)C(N)=O)cc2)CC1. The Labute approximate surface area is 227 Å². The number of nitrogens with one attached hydrogen (secondary N) is 1. The molecule has 1 aromatic rings. The van der Waals surface area contributed by atoms with Gasteiger partial charge in [-0.05, 0) is 83.3 Å². The van der Waals surface area contributed by atoms with E-state index in [1.807, 2.05) is 51.7 Å². The summed E-state index contributed by atoms with van der Waals surface area (Å²) in [6.07, 6.45) is 6.08. The second-order valence-electron chi connectivity index (χ2n) is 11.7. The standard InChI is InChI=1S/C29H46N4O5/c1-6-8-26(34)32-17-15-23(16-18-32)22-13-11-21(12-14-22)19-24(27(30)35)31-28(36)25-10-7-9-20(2)33(25)38-37-29(3,4)5/h11-14,20,23-25H,6-10,15-19H2,1-5H3,(H2,30,35)(H,31,36)/t20-,24?,25-/m0/s1. The van der Waals surface area contributed by atoms with Gasteiger partial charge in [-0.15, -0.1) is 10.1 Å². The smallest absolute Gasteiger partial charge is 0.240 e. The Kier molecular flexibility index (Phi) is 10.7. The van der Waals surface area contributed by atoms with Crippen molar-refractivity contribution in [3.8, 4) is 0 Å². The number of nitrogens with zero attached hydrogens (tertiary/aromatic N) is 2. The average Bonchev–Trinajstić information content (AvgIpc) is 2.87. The Balaban J connectivity index is 1.58. The number of carbonyl (C=O) groups is 3. The minimum atomic E-state index is -0.830. The minimum Gasteiger partial charge on any atom is -0.368 e. The molecule has 212 valence electrons. The van der Waals surface area contributed by atoms with E-state index in [4.69, 9.17) is 15.6 Å². The van der Waals surface area contributed by atoms with Crippen LogP contribution in [0.2, 0.25) is 0 Å². The van der Waals surface area contributed by atoms with Gasteiger partial charge in [0.2, 0.25) is 17.7 Å². The van der Waals surface area contributed by atoms with E-state index in [9.17, 15) is 14.4 Å². The summed E-state index contributed by atoms with van der Waals surface area (Å²) in [5.41, 5.74) is 7.33. The Morgan fingerprint density at radius 3 is 2.32 bits per heavy atom. The van der Waals surface area contributed by atoms with Crippen molar-refractivity contribution >= 4 is 17.7 Å². The molecule has 0 aromatic heterocycles. The van der Waals surface area contributed by atoms with E-state index >= 15 is 0 Å². The molecule has 1 unspecified atom stereocenters. The second-order valence-corrected chi connectivity index (χ2v) is 11.7. The van der Waals surface area contributed by atoms with E-state index in [1.165, 1.54) is 5.56 Å². The first-order valence-electron chi connectivity index (χ1n) is 14.1. The Hall–Kier alpha value is -2.49. The lowest BCUT2D eigenvalue weighted by molar-refractivity contribution is -0.477. The second kappa shape index (κ2) is 13.5. The molecule has 2 heterocycles. The molecule has 2 aliphatic rings. The third kappa shape index (κ3) is 8.51. The van der Waals surface area contributed by atoms with Crippen molar-refractivity contribution in [2.45, 2.75) is 116 Å². The van der Waals surface area contributed by atoms with Crippen LogP contribution < -0.4 is 11.1 Å². The summed E-state index contributed by atoms with van der Waals surface area (Å²) in [5.74, 6) is -0.205.